The summed E-state index contributed by atoms with van der Waals surface area (Å²) in [6.45, 7) is 4.94. The first-order valence-electron chi connectivity index (χ1n) is 7.05. The molecule has 0 aromatic heterocycles. The molecule has 1 aromatic carbocycles. The number of hydrazine groups is 1. The minimum Gasteiger partial charge on any atom is -0.490 e. The van der Waals surface area contributed by atoms with Crippen LogP contribution in [-0.2, 0) is 9.53 Å². The van der Waals surface area contributed by atoms with E-state index in [1.54, 1.807) is 26.8 Å². The van der Waals surface area contributed by atoms with E-state index < -0.39 is 16.3 Å². The first-order chi connectivity index (χ1) is 11.1. The Balaban J connectivity index is 2.95. The molecule has 1 aromatic rings. The molecule has 0 saturated heterocycles. The fourth-order valence-corrected chi connectivity index (χ4v) is 1.75. The van der Waals surface area contributed by atoms with Crippen molar-refractivity contribution in [3.8, 4) is 5.75 Å². The number of nitrogens with two attached hydrogens (primary N) is 2. The summed E-state index contributed by atoms with van der Waals surface area (Å²) in [6.07, 6.45) is 1.30. The lowest BCUT2D eigenvalue weighted by atomic mass is 9.98. The molecule has 24 heavy (non-hydrogen) atoms. The van der Waals surface area contributed by atoms with Crippen LogP contribution in [0.25, 0.3) is 5.70 Å². The smallest absolute Gasteiger partial charge is 0.312 e. The summed E-state index contributed by atoms with van der Waals surface area (Å²) in [6, 6.07) is 4.35. The molecule has 0 unspecified atom stereocenters. The third kappa shape index (κ3) is 4.85. The molecule has 0 fully saturated rings. The molecular formula is C15H22N4O5. The van der Waals surface area contributed by atoms with Gasteiger partial charge in [-0.2, -0.15) is 0 Å². The summed E-state index contributed by atoms with van der Waals surface area (Å²) in [4.78, 5) is 22.1. The first kappa shape index (κ1) is 19.2. The lowest BCUT2D eigenvalue weighted by molar-refractivity contribution is -0.385. The lowest BCUT2D eigenvalue weighted by Crippen LogP contribution is -2.33. The minimum atomic E-state index is -0.653. The Morgan fingerprint density at radius 2 is 2.04 bits per heavy atom. The molecule has 9 nitrogen and oxygen atoms in total. The van der Waals surface area contributed by atoms with Crippen LogP contribution in [0.4, 0.5) is 5.69 Å². The molecule has 0 spiro atoms. The number of nitrogens with zero attached hydrogens (tertiary/aromatic N) is 2. The van der Waals surface area contributed by atoms with E-state index in [1.807, 2.05) is 0 Å². The normalized spacial score (nSPS) is 11.8. The Bertz CT molecular complexity index is 652. The van der Waals surface area contributed by atoms with Gasteiger partial charge in [-0.05, 0) is 26.8 Å². The fraction of sp³-hybridized carbons (Fsp3) is 0.400. The van der Waals surface area contributed by atoms with Gasteiger partial charge in [0.05, 0.1) is 23.1 Å². The van der Waals surface area contributed by atoms with Gasteiger partial charge < -0.3 is 15.2 Å². The van der Waals surface area contributed by atoms with Gasteiger partial charge in [-0.25, -0.2) is 5.84 Å². The maximum absolute atomic E-state index is 11.7. The van der Waals surface area contributed by atoms with Crippen molar-refractivity contribution < 1.29 is 19.2 Å². The van der Waals surface area contributed by atoms with Crippen molar-refractivity contribution in [3.63, 3.8) is 0 Å². The van der Waals surface area contributed by atoms with Crippen molar-refractivity contribution in [2.75, 3.05) is 13.8 Å². The Labute approximate surface area is 139 Å². The maximum atomic E-state index is 11.7. The predicted octanol–water partition coefficient (Wildman–Crippen LogP) is 1.58. The number of carbonyl (C=O) groups excluding carboxylic acids is 1. The SMILES string of the molecule is COc1c(/C(N)=C/N(N)COC(=O)C(C)(C)C)cccc1[N+](=O)[O-]. The van der Waals surface area contributed by atoms with E-state index in [4.69, 9.17) is 21.1 Å². The topological polar surface area (TPSA) is 134 Å². The van der Waals surface area contributed by atoms with Gasteiger partial charge in [0.1, 0.15) is 0 Å². The Morgan fingerprint density at radius 3 is 2.54 bits per heavy atom. The molecule has 132 valence electrons. The molecule has 0 aliphatic rings. The maximum Gasteiger partial charge on any atom is 0.312 e. The highest BCUT2D eigenvalue weighted by molar-refractivity contribution is 5.75. The second-order valence-corrected chi connectivity index (χ2v) is 6.02. The van der Waals surface area contributed by atoms with Crippen LogP contribution in [0.1, 0.15) is 26.3 Å². The molecule has 0 aliphatic heterocycles. The van der Waals surface area contributed by atoms with Crippen molar-refractivity contribution in [1.29, 1.82) is 0 Å². The van der Waals surface area contributed by atoms with Crippen LogP contribution in [0, 0.1) is 15.5 Å². The Morgan fingerprint density at radius 1 is 1.42 bits per heavy atom. The van der Waals surface area contributed by atoms with Gasteiger partial charge in [-0.15, -0.1) is 0 Å². The van der Waals surface area contributed by atoms with E-state index in [0.717, 1.165) is 5.01 Å². The van der Waals surface area contributed by atoms with Gasteiger partial charge in [0.2, 0.25) is 5.75 Å². The minimum absolute atomic E-state index is 0.0244. The number of nitro benzene ring substituents is 1. The van der Waals surface area contributed by atoms with Gasteiger partial charge in [0, 0.05) is 17.8 Å². The Kier molecular flexibility index (Phi) is 6.13. The Hall–Kier alpha value is -2.81. The van der Waals surface area contributed by atoms with E-state index in [1.165, 1.54) is 25.4 Å². The average Bonchev–Trinajstić information content (AvgIpc) is 2.50. The second kappa shape index (κ2) is 7.64. The summed E-state index contributed by atoms with van der Waals surface area (Å²) in [7, 11) is 1.31. The van der Waals surface area contributed by atoms with Crippen LogP contribution in [0.5, 0.6) is 5.75 Å². The molecular weight excluding hydrogens is 316 g/mol. The number of ether oxygens (including phenoxy) is 2. The van der Waals surface area contributed by atoms with E-state index in [2.05, 4.69) is 0 Å². The van der Waals surface area contributed by atoms with E-state index in [0.29, 0.717) is 5.56 Å². The monoisotopic (exact) mass is 338 g/mol. The molecule has 1 rings (SSSR count). The van der Waals surface area contributed by atoms with Crippen LogP contribution in [0.15, 0.2) is 24.4 Å². The molecule has 9 heteroatoms. The van der Waals surface area contributed by atoms with Crippen LogP contribution >= 0.6 is 0 Å². The fourth-order valence-electron chi connectivity index (χ4n) is 1.75. The lowest BCUT2D eigenvalue weighted by Gasteiger charge is -2.20. The van der Waals surface area contributed by atoms with Crippen molar-refractivity contribution in [2.45, 2.75) is 20.8 Å². The van der Waals surface area contributed by atoms with Crippen molar-refractivity contribution in [3.05, 3.63) is 40.1 Å². The zero-order valence-electron chi connectivity index (χ0n) is 14.1. The summed E-state index contributed by atoms with van der Waals surface area (Å²) >= 11 is 0. The molecule has 0 atom stereocenters. The van der Waals surface area contributed by atoms with Gasteiger partial charge in [-0.1, -0.05) is 6.07 Å². The summed E-state index contributed by atoms with van der Waals surface area (Å²) in [5, 5.41) is 12.1. The van der Waals surface area contributed by atoms with E-state index in [9.17, 15) is 14.9 Å². The van der Waals surface area contributed by atoms with Crippen LogP contribution in [0.2, 0.25) is 0 Å². The zero-order chi connectivity index (χ0) is 18.5. The van der Waals surface area contributed by atoms with Crippen LogP contribution in [-0.4, -0.2) is 29.7 Å². The quantitative estimate of drug-likeness (QED) is 0.262. The van der Waals surface area contributed by atoms with E-state index in [-0.39, 0.29) is 23.9 Å². The standard InChI is InChI=1S/C15H22N4O5/c1-15(2,3)14(20)24-9-18(17)8-11(16)10-6-5-7-12(19(21)22)13(10)23-4/h5-8H,9,16-17H2,1-4H3/b11-8-. The summed E-state index contributed by atoms with van der Waals surface area (Å²) in [5.41, 5.74) is 5.50. The number of benzene rings is 1. The molecule has 4 N–H and O–H groups in total. The summed E-state index contributed by atoms with van der Waals surface area (Å²) in [5.74, 6) is 5.32. The molecule has 0 heterocycles. The molecule has 0 radical (unpaired) electrons. The first-order valence-corrected chi connectivity index (χ1v) is 7.05. The van der Waals surface area contributed by atoms with Gasteiger partial charge in [0.15, 0.2) is 6.73 Å². The van der Waals surface area contributed by atoms with Crippen LogP contribution in [0.3, 0.4) is 0 Å². The molecule has 0 aliphatic carbocycles. The zero-order valence-corrected chi connectivity index (χ0v) is 14.1. The van der Waals surface area contributed by atoms with Gasteiger partial charge >= 0.3 is 11.7 Å². The third-order valence-corrected chi connectivity index (χ3v) is 2.97. The number of methoxy groups -OCH3 is 1. The number of rotatable bonds is 6. The van der Waals surface area contributed by atoms with Crippen molar-refractivity contribution in [1.82, 2.24) is 5.01 Å². The highest BCUT2D eigenvalue weighted by Crippen LogP contribution is 2.33. The number of nitro groups is 1. The van der Waals surface area contributed by atoms with E-state index >= 15 is 0 Å². The molecule has 0 amide bonds. The number of carbonyl (C=O) groups is 1. The third-order valence-electron chi connectivity index (χ3n) is 2.97. The number of hydrogen-bond donors (Lipinski definition) is 2. The number of hydrogen-bond acceptors (Lipinski definition) is 8. The predicted molar refractivity (Wildman–Crippen MR) is 88.3 cm³/mol. The average molecular weight is 338 g/mol. The largest absolute Gasteiger partial charge is 0.490 e. The number of esters is 1. The van der Waals surface area contributed by atoms with Gasteiger partial charge in [0.25, 0.3) is 0 Å². The molecule has 0 bridgehead atoms. The second-order valence-electron chi connectivity index (χ2n) is 6.02. The van der Waals surface area contributed by atoms with Crippen LogP contribution < -0.4 is 16.3 Å². The van der Waals surface area contributed by atoms with Crippen molar-refractivity contribution in [2.24, 2.45) is 17.0 Å². The molecule has 0 saturated carbocycles. The van der Waals surface area contributed by atoms with Gasteiger partial charge in [-0.3, -0.25) is 19.9 Å². The summed E-state index contributed by atoms with van der Waals surface area (Å²) < 4.78 is 10.1. The number of para-hydroxylation sites is 1. The van der Waals surface area contributed by atoms with Crippen molar-refractivity contribution >= 4 is 17.4 Å². The highest BCUT2D eigenvalue weighted by Gasteiger charge is 2.23. The highest BCUT2D eigenvalue weighted by atomic mass is 16.6.